The van der Waals surface area contributed by atoms with Crippen LogP contribution in [0, 0.1) is 0 Å². The van der Waals surface area contributed by atoms with Crippen LogP contribution in [0.5, 0.6) is 5.75 Å². The highest BCUT2D eigenvalue weighted by Gasteiger charge is 2.16. The van der Waals surface area contributed by atoms with Crippen LogP contribution in [-0.2, 0) is 12.8 Å². The molecule has 0 unspecified atom stereocenters. The molecule has 7 nitrogen and oxygen atoms in total. The first-order chi connectivity index (χ1) is 10.6. The number of ether oxygens (including phenoxy) is 1. The Morgan fingerprint density at radius 2 is 2.36 bits per heavy atom. The minimum absolute atomic E-state index is 0.382. The largest absolute Gasteiger partial charge is 0.493 e. The molecule has 0 saturated heterocycles. The lowest BCUT2D eigenvalue weighted by Gasteiger charge is -2.17. The zero-order valence-electron chi connectivity index (χ0n) is 12.3. The highest BCUT2D eigenvalue weighted by molar-refractivity contribution is 5.71. The molecule has 0 saturated carbocycles. The quantitative estimate of drug-likeness (QED) is 0.895. The Morgan fingerprint density at radius 3 is 3.18 bits per heavy atom. The van der Waals surface area contributed by atoms with Gasteiger partial charge in [-0.25, -0.2) is 4.79 Å². The van der Waals surface area contributed by atoms with Crippen molar-refractivity contribution in [1.82, 2.24) is 15.5 Å². The molecule has 1 aromatic carbocycles. The molecule has 1 aromatic heterocycles. The van der Waals surface area contributed by atoms with E-state index in [0.29, 0.717) is 18.1 Å². The van der Waals surface area contributed by atoms with Gasteiger partial charge in [-0.05, 0) is 37.0 Å². The number of amides is 2. The molecule has 0 aliphatic carbocycles. The zero-order chi connectivity index (χ0) is 15.5. The summed E-state index contributed by atoms with van der Waals surface area (Å²) in [6, 6.07) is 5.10. The van der Waals surface area contributed by atoms with Crippen LogP contribution in [0.1, 0.15) is 42.2 Å². The highest BCUT2D eigenvalue weighted by Crippen LogP contribution is 2.26. The third kappa shape index (κ3) is 3.19. The zero-order valence-corrected chi connectivity index (χ0v) is 12.3. The minimum Gasteiger partial charge on any atom is -0.493 e. The summed E-state index contributed by atoms with van der Waals surface area (Å²) in [4.78, 5) is 15.1. The van der Waals surface area contributed by atoms with E-state index in [1.54, 1.807) is 6.92 Å². The number of rotatable bonds is 4. The van der Waals surface area contributed by atoms with E-state index in [-0.39, 0.29) is 6.04 Å². The molecule has 2 aromatic rings. The summed E-state index contributed by atoms with van der Waals surface area (Å²) in [6.45, 7) is 2.53. The van der Waals surface area contributed by atoms with Crippen molar-refractivity contribution in [3.63, 3.8) is 0 Å². The second kappa shape index (κ2) is 6.05. The van der Waals surface area contributed by atoms with Crippen LogP contribution in [0.15, 0.2) is 22.7 Å². The summed E-state index contributed by atoms with van der Waals surface area (Å²) >= 11 is 0. The van der Waals surface area contributed by atoms with Gasteiger partial charge in [-0.2, -0.15) is 4.98 Å². The topological polar surface area (TPSA) is 103 Å². The number of nitrogens with one attached hydrogen (secondary N) is 1. The van der Waals surface area contributed by atoms with E-state index < -0.39 is 6.03 Å². The van der Waals surface area contributed by atoms with Crippen LogP contribution < -0.4 is 15.8 Å². The van der Waals surface area contributed by atoms with E-state index in [4.69, 9.17) is 15.0 Å². The first-order valence-electron chi connectivity index (χ1n) is 7.25. The van der Waals surface area contributed by atoms with Crippen molar-refractivity contribution in [2.24, 2.45) is 5.73 Å². The number of primary amides is 1. The van der Waals surface area contributed by atoms with E-state index in [2.05, 4.69) is 21.5 Å². The second-order valence-corrected chi connectivity index (χ2v) is 5.35. The van der Waals surface area contributed by atoms with E-state index in [1.165, 1.54) is 5.56 Å². The van der Waals surface area contributed by atoms with Crippen molar-refractivity contribution in [2.45, 2.75) is 32.2 Å². The number of fused-ring (bicyclic) bond motifs is 1. The summed E-state index contributed by atoms with van der Waals surface area (Å²) in [5.41, 5.74) is 7.39. The second-order valence-electron chi connectivity index (χ2n) is 5.35. The summed E-state index contributed by atoms with van der Waals surface area (Å²) in [6.07, 6.45) is 2.61. The lowest BCUT2D eigenvalue weighted by Crippen LogP contribution is -2.32. The lowest BCUT2D eigenvalue weighted by atomic mass is 10.0. The van der Waals surface area contributed by atoms with Crippen molar-refractivity contribution in [2.75, 3.05) is 6.61 Å². The summed E-state index contributed by atoms with van der Waals surface area (Å²) in [5, 5.41) is 6.39. The Bertz CT molecular complexity index is 683. The van der Waals surface area contributed by atoms with Gasteiger partial charge in [0.15, 0.2) is 5.82 Å². The number of hydrogen-bond donors (Lipinski definition) is 2. The molecule has 1 atom stereocenters. The third-order valence-corrected chi connectivity index (χ3v) is 3.56. The van der Waals surface area contributed by atoms with Gasteiger partial charge in [0.25, 0.3) is 0 Å². The summed E-state index contributed by atoms with van der Waals surface area (Å²) in [7, 11) is 0. The maximum atomic E-state index is 10.8. The average Bonchev–Trinajstić information content (AvgIpc) is 2.95. The number of aromatic nitrogens is 2. The van der Waals surface area contributed by atoms with Crippen LogP contribution in [0.4, 0.5) is 4.79 Å². The first-order valence-corrected chi connectivity index (χ1v) is 7.25. The predicted octanol–water partition coefficient (Wildman–Crippen LogP) is 1.71. The van der Waals surface area contributed by atoms with E-state index >= 15 is 0 Å². The van der Waals surface area contributed by atoms with E-state index in [1.807, 2.05) is 12.1 Å². The van der Waals surface area contributed by atoms with Gasteiger partial charge < -0.3 is 20.3 Å². The Balaban J connectivity index is 1.71. The molecule has 1 aliphatic heterocycles. The standard InChI is InChI=1S/C15H18N4O3/c1-9(17-15(16)20)14-18-13(22-19-14)8-10-4-5-12-11(7-10)3-2-6-21-12/h4-5,7,9H,2-3,6,8H2,1H3,(H3,16,17,20)/t9-/m0/s1. The fourth-order valence-electron chi connectivity index (χ4n) is 2.49. The van der Waals surface area contributed by atoms with Crippen LogP contribution in [-0.4, -0.2) is 22.8 Å². The Morgan fingerprint density at radius 1 is 1.50 bits per heavy atom. The maximum Gasteiger partial charge on any atom is 0.312 e. The molecule has 2 heterocycles. The molecule has 1 aliphatic rings. The van der Waals surface area contributed by atoms with Crippen molar-refractivity contribution in [1.29, 1.82) is 0 Å². The highest BCUT2D eigenvalue weighted by atomic mass is 16.5. The van der Waals surface area contributed by atoms with Crippen molar-refractivity contribution < 1.29 is 14.1 Å². The molecular weight excluding hydrogens is 284 g/mol. The molecule has 0 fully saturated rings. The van der Waals surface area contributed by atoms with Gasteiger partial charge in [0.05, 0.1) is 19.1 Å². The fraction of sp³-hybridized carbons (Fsp3) is 0.400. The van der Waals surface area contributed by atoms with Crippen LogP contribution in [0.2, 0.25) is 0 Å². The number of nitrogens with two attached hydrogens (primary N) is 1. The molecule has 22 heavy (non-hydrogen) atoms. The number of aryl methyl sites for hydroxylation is 1. The van der Waals surface area contributed by atoms with Gasteiger partial charge in [0, 0.05) is 0 Å². The Hall–Kier alpha value is -2.57. The van der Waals surface area contributed by atoms with Crippen molar-refractivity contribution >= 4 is 6.03 Å². The van der Waals surface area contributed by atoms with Crippen molar-refractivity contribution in [3.05, 3.63) is 41.0 Å². The third-order valence-electron chi connectivity index (χ3n) is 3.56. The summed E-state index contributed by atoms with van der Waals surface area (Å²) in [5.74, 6) is 1.88. The first kappa shape index (κ1) is 14.4. The van der Waals surface area contributed by atoms with Crippen LogP contribution >= 0.6 is 0 Å². The number of carbonyl (C=O) groups excluding carboxylic acids is 1. The molecule has 7 heteroatoms. The predicted molar refractivity (Wildman–Crippen MR) is 78.5 cm³/mol. The van der Waals surface area contributed by atoms with Gasteiger partial charge in [-0.1, -0.05) is 17.3 Å². The SMILES string of the molecule is C[C@H](NC(N)=O)c1noc(Cc2ccc3c(c2)CCCO3)n1. The molecule has 2 amide bonds. The van der Waals surface area contributed by atoms with Gasteiger partial charge in [-0.3, -0.25) is 0 Å². The fourth-order valence-corrected chi connectivity index (χ4v) is 2.49. The van der Waals surface area contributed by atoms with Gasteiger partial charge in [-0.15, -0.1) is 0 Å². The smallest absolute Gasteiger partial charge is 0.312 e. The molecular formula is C15H18N4O3. The molecule has 116 valence electrons. The number of hydrogen-bond acceptors (Lipinski definition) is 5. The number of benzene rings is 1. The van der Waals surface area contributed by atoms with Gasteiger partial charge in [0.1, 0.15) is 5.75 Å². The maximum absolute atomic E-state index is 10.8. The van der Waals surface area contributed by atoms with Crippen LogP contribution in [0.25, 0.3) is 0 Å². The van der Waals surface area contributed by atoms with E-state index in [0.717, 1.165) is 30.8 Å². The molecule has 0 radical (unpaired) electrons. The monoisotopic (exact) mass is 302 g/mol. The summed E-state index contributed by atoms with van der Waals surface area (Å²) < 4.78 is 10.8. The normalized spacial score (nSPS) is 14.8. The Kier molecular flexibility index (Phi) is 3.95. The lowest BCUT2D eigenvalue weighted by molar-refractivity contribution is 0.245. The Labute approximate surface area is 127 Å². The van der Waals surface area contributed by atoms with Gasteiger partial charge in [0.2, 0.25) is 5.89 Å². The average molecular weight is 302 g/mol. The molecule has 3 N–H and O–H groups in total. The molecule has 3 rings (SSSR count). The number of carbonyl (C=O) groups is 1. The van der Waals surface area contributed by atoms with E-state index in [9.17, 15) is 4.79 Å². The molecule has 0 spiro atoms. The van der Waals surface area contributed by atoms with Crippen molar-refractivity contribution in [3.8, 4) is 5.75 Å². The van der Waals surface area contributed by atoms with Gasteiger partial charge >= 0.3 is 6.03 Å². The minimum atomic E-state index is -0.617. The molecule has 0 bridgehead atoms. The number of nitrogens with zero attached hydrogens (tertiary/aromatic N) is 2. The van der Waals surface area contributed by atoms with Crippen LogP contribution in [0.3, 0.4) is 0 Å². The number of urea groups is 1.